The Bertz CT molecular complexity index is 347. The average molecular weight is 191 g/mol. The number of aryl methyl sites for hydroxylation is 1. The van der Waals surface area contributed by atoms with E-state index in [-0.39, 0.29) is 7.33 Å². The summed E-state index contributed by atoms with van der Waals surface area (Å²) >= 11 is 0. The van der Waals surface area contributed by atoms with Crippen molar-refractivity contribution in [3.63, 3.8) is 0 Å². The van der Waals surface area contributed by atoms with E-state index in [4.69, 9.17) is 0 Å². The number of carbonyl (C=O) groups is 1. The number of nitrogens with one attached hydrogen (secondary N) is 1. The summed E-state index contributed by atoms with van der Waals surface area (Å²) in [6.45, 7) is 2.10. The van der Waals surface area contributed by atoms with Gasteiger partial charge in [-0.15, -0.1) is 0 Å². The molecular formula is C12H17NO. The molecule has 0 atom stereocenters. The Morgan fingerprint density at radius 3 is 3.00 bits per heavy atom. The van der Waals surface area contributed by atoms with Crippen molar-refractivity contribution >= 4 is 5.91 Å². The molecule has 1 fully saturated rings. The molecule has 2 rings (SSSR count). The molecule has 2 heteroatoms. The quantitative estimate of drug-likeness (QED) is 0.781. The van der Waals surface area contributed by atoms with Crippen molar-refractivity contribution in [1.82, 2.24) is 5.32 Å². The van der Waals surface area contributed by atoms with Gasteiger partial charge in [0.2, 0.25) is 0 Å². The number of carbonyl (C=O) groups excluding carboxylic acids is 1. The third-order valence-corrected chi connectivity index (χ3v) is 2.51. The lowest BCUT2D eigenvalue weighted by Crippen LogP contribution is -2.25. The van der Waals surface area contributed by atoms with E-state index >= 15 is 0 Å². The third kappa shape index (κ3) is 2.13. The fraction of sp³-hybridized carbons (Fsp3) is 0.417. The molecule has 0 saturated heterocycles. The van der Waals surface area contributed by atoms with Crippen LogP contribution in [0.3, 0.4) is 0 Å². The zero-order valence-electron chi connectivity index (χ0n) is 8.42. The second-order valence-corrected chi connectivity index (χ2v) is 3.80. The van der Waals surface area contributed by atoms with Crippen LogP contribution in [0.25, 0.3) is 0 Å². The van der Waals surface area contributed by atoms with Crippen molar-refractivity contribution in [1.29, 1.82) is 0 Å². The number of benzene rings is 1. The van der Waals surface area contributed by atoms with E-state index < -0.39 is 0 Å². The highest BCUT2D eigenvalue weighted by Crippen LogP contribution is 2.19. The van der Waals surface area contributed by atoms with E-state index in [0.717, 1.165) is 24.8 Å². The van der Waals surface area contributed by atoms with Crippen LogP contribution in [0.15, 0.2) is 24.3 Å². The zero-order valence-corrected chi connectivity index (χ0v) is 8.42. The summed E-state index contributed by atoms with van der Waals surface area (Å²) in [6.07, 6.45) is 3.25. The molecular weight excluding hydrogens is 174 g/mol. The summed E-state index contributed by atoms with van der Waals surface area (Å²) < 4.78 is 0. The molecule has 0 unspecified atom stereocenters. The van der Waals surface area contributed by atoms with Crippen LogP contribution in [0.4, 0.5) is 0 Å². The fourth-order valence-electron chi connectivity index (χ4n) is 1.43. The molecule has 0 aromatic heterocycles. The second kappa shape index (κ2) is 3.82. The first-order chi connectivity index (χ1) is 6.79. The van der Waals surface area contributed by atoms with Crippen molar-refractivity contribution < 1.29 is 6.22 Å². The molecule has 1 saturated carbocycles. The second-order valence-electron chi connectivity index (χ2n) is 3.80. The molecule has 0 aliphatic heterocycles. The lowest BCUT2D eigenvalue weighted by Gasteiger charge is -2.04. The van der Waals surface area contributed by atoms with Gasteiger partial charge in [-0.2, -0.15) is 0 Å². The molecule has 76 valence electrons. The Hall–Kier alpha value is -1.31. The molecule has 1 aliphatic carbocycles. The lowest BCUT2D eigenvalue weighted by molar-refractivity contribution is 0.0951. The van der Waals surface area contributed by atoms with Crippen molar-refractivity contribution in [2.75, 3.05) is 0 Å². The number of hydrogen-bond donors (Lipinski definition) is 1. The molecule has 1 amide bonds. The third-order valence-electron chi connectivity index (χ3n) is 2.51. The molecule has 0 spiro atoms. The van der Waals surface area contributed by atoms with E-state index in [1.54, 1.807) is 0 Å². The predicted octanol–water partition coefficient (Wildman–Crippen LogP) is 2.39. The van der Waals surface area contributed by atoms with Crippen LogP contribution in [0.5, 0.6) is 0 Å². The van der Waals surface area contributed by atoms with Gasteiger partial charge >= 0.3 is 0 Å². The SMILES string of the molecule is CCc1cccc(C(=O)NC2CC2)c1.[HH]. The summed E-state index contributed by atoms with van der Waals surface area (Å²) in [6, 6.07) is 8.27. The minimum absolute atomic E-state index is 0. The number of rotatable bonds is 3. The maximum atomic E-state index is 11.7. The van der Waals surface area contributed by atoms with Gasteiger partial charge in [-0.3, -0.25) is 4.79 Å². The molecule has 0 bridgehead atoms. The molecule has 1 aliphatic rings. The van der Waals surface area contributed by atoms with Crippen LogP contribution < -0.4 is 5.32 Å². The van der Waals surface area contributed by atoms with Gasteiger partial charge < -0.3 is 5.32 Å². The van der Waals surface area contributed by atoms with Crippen molar-refractivity contribution in [2.24, 2.45) is 0 Å². The van der Waals surface area contributed by atoms with Crippen LogP contribution in [0.1, 0.15) is 37.1 Å². The molecule has 14 heavy (non-hydrogen) atoms. The molecule has 0 heterocycles. The topological polar surface area (TPSA) is 29.1 Å². The summed E-state index contributed by atoms with van der Waals surface area (Å²) in [4.78, 5) is 11.7. The van der Waals surface area contributed by atoms with Gasteiger partial charge in [0.1, 0.15) is 0 Å². The summed E-state index contributed by atoms with van der Waals surface area (Å²) in [7, 11) is 0. The average Bonchev–Trinajstić information content (AvgIpc) is 3.02. The standard InChI is InChI=1S/C12H15NO.H2/c1-2-9-4-3-5-10(8-9)12(14)13-11-6-7-11;/h3-5,8,11H,2,6-7H2,1H3,(H,13,14);1H. The first-order valence-electron chi connectivity index (χ1n) is 5.19. The fourth-order valence-corrected chi connectivity index (χ4v) is 1.43. The molecule has 1 aromatic rings. The van der Waals surface area contributed by atoms with Gasteiger partial charge in [0.15, 0.2) is 0 Å². The van der Waals surface area contributed by atoms with Crippen molar-refractivity contribution in [2.45, 2.75) is 32.2 Å². The number of hydrogen-bond acceptors (Lipinski definition) is 1. The van der Waals surface area contributed by atoms with E-state index in [1.807, 2.05) is 24.3 Å². The zero-order chi connectivity index (χ0) is 9.97. The van der Waals surface area contributed by atoms with Crippen LogP contribution in [-0.4, -0.2) is 11.9 Å². The minimum atomic E-state index is 0. The van der Waals surface area contributed by atoms with Crippen molar-refractivity contribution in [3.05, 3.63) is 35.4 Å². The van der Waals surface area contributed by atoms with E-state index in [1.165, 1.54) is 5.56 Å². The highest BCUT2D eigenvalue weighted by Gasteiger charge is 2.23. The first-order valence-corrected chi connectivity index (χ1v) is 5.19. The highest BCUT2D eigenvalue weighted by molar-refractivity contribution is 5.94. The smallest absolute Gasteiger partial charge is 0.251 e. The van der Waals surface area contributed by atoms with Gasteiger partial charge in [-0.25, -0.2) is 0 Å². The minimum Gasteiger partial charge on any atom is -0.349 e. The van der Waals surface area contributed by atoms with E-state index in [2.05, 4.69) is 12.2 Å². The first kappa shape index (κ1) is 9.25. The molecule has 1 aromatic carbocycles. The van der Waals surface area contributed by atoms with Gasteiger partial charge in [0.25, 0.3) is 5.91 Å². The van der Waals surface area contributed by atoms with E-state index in [9.17, 15) is 4.79 Å². The van der Waals surface area contributed by atoms with Gasteiger partial charge in [0.05, 0.1) is 0 Å². The van der Waals surface area contributed by atoms with Crippen LogP contribution in [-0.2, 0) is 6.42 Å². The molecule has 0 radical (unpaired) electrons. The Morgan fingerprint density at radius 1 is 1.57 bits per heavy atom. The lowest BCUT2D eigenvalue weighted by atomic mass is 10.1. The molecule has 1 N–H and O–H groups in total. The Balaban J connectivity index is 0.00000112. The number of amides is 1. The summed E-state index contributed by atoms with van der Waals surface area (Å²) in [5.41, 5.74) is 2.00. The van der Waals surface area contributed by atoms with Gasteiger partial charge in [-0.1, -0.05) is 19.1 Å². The summed E-state index contributed by atoms with van der Waals surface area (Å²) in [5.74, 6) is 0.0720. The monoisotopic (exact) mass is 191 g/mol. The van der Waals surface area contributed by atoms with Gasteiger partial charge in [-0.05, 0) is 37.0 Å². The molecule has 2 nitrogen and oxygen atoms in total. The highest BCUT2D eigenvalue weighted by atomic mass is 16.1. The van der Waals surface area contributed by atoms with Crippen LogP contribution in [0, 0.1) is 0 Å². The summed E-state index contributed by atoms with van der Waals surface area (Å²) in [5, 5.41) is 2.98. The Kier molecular flexibility index (Phi) is 2.53. The predicted molar refractivity (Wildman–Crippen MR) is 58.4 cm³/mol. The van der Waals surface area contributed by atoms with Crippen LogP contribution >= 0.6 is 0 Å². The maximum absolute atomic E-state index is 11.7. The normalized spacial score (nSPS) is 15.2. The largest absolute Gasteiger partial charge is 0.349 e. The Morgan fingerprint density at radius 2 is 2.36 bits per heavy atom. The Labute approximate surface area is 85.8 Å². The van der Waals surface area contributed by atoms with Gasteiger partial charge in [0, 0.05) is 13.0 Å². The van der Waals surface area contributed by atoms with Crippen molar-refractivity contribution in [3.8, 4) is 0 Å². The van der Waals surface area contributed by atoms with E-state index in [0.29, 0.717) is 6.04 Å². The maximum Gasteiger partial charge on any atom is 0.251 e. The van der Waals surface area contributed by atoms with Crippen LogP contribution in [0.2, 0.25) is 0 Å².